The van der Waals surface area contributed by atoms with Gasteiger partial charge in [0.2, 0.25) is 5.91 Å². The fraction of sp³-hybridized carbons (Fsp3) is 0.545. The number of nitrogens with one attached hydrogen (secondary N) is 1. The second kappa shape index (κ2) is 9.03. The summed E-state index contributed by atoms with van der Waals surface area (Å²) in [4.78, 5) is 29.2. The molecule has 8 nitrogen and oxygen atoms in total. The van der Waals surface area contributed by atoms with Gasteiger partial charge in [0, 0.05) is 24.8 Å². The highest BCUT2D eigenvalue weighted by molar-refractivity contribution is 6.32. The minimum Gasteiger partial charge on any atom is -0.444 e. The monoisotopic (exact) mass is 443 g/mol. The van der Waals surface area contributed by atoms with E-state index >= 15 is 0 Å². The van der Waals surface area contributed by atoms with Gasteiger partial charge in [-0.25, -0.2) is 4.79 Å². The molecule has 1 aromatic carbocycles. The van der Waals surface area contributed by atoms with Crippen LogP contribution in [0.25, 0.3) is 0 Å². The van der Waals surface area contributed by atoms with Gasteiger partial charge in [0.1, 0.15) is 23.8 Å². The molecule has 1 N–H and O–H groups in total. The van der Waals surface area contributed by atoms with Gasteiger partial charge in [0.25, 0.3) is 0 Å². The SMILES string of the molecule is CC(C)(C)OC(=O)N1C[C@@H](Nc2ccc(C#N)c(Cl)c2)C[C@H]1C(=O)N1CCC[C@H]1C#N. The fourth-order valence-electron chi connectivity index (χ4n) is 3.98. The van der Waals surface area contributed by atoms with Crippen LogP contribution in [0.4, 0.5) is 10.5 Å². The van der Waals surface area contributed by atoms with E-state index in [2.05, 4.69) is 11.4 Å². The summed E-state index contributed by atoms with van der Waals surface area (Å²) in [6.07, 6.45) is 1.24. The van der Waals surface area contributed by atoms with Crippen LogP contribution in [0.3, 0.4) is 0 Å². The average Bonchev–Trinajstić information content (AvgIpc) is 3.33. The van der Waals surface area contributed by atoms with Gasteiger partial charge in [-0.2, -0.15) is 10.5 Å². The van der Waals surface area contributed by atoms with Crippen molar-refractivity contribution >= 4 is 29.3 Å². The molecule has 2 saturated heterocycles. The molecule has 2 aliphatic heterocycles. The Labute approximate surface area is 187 Å². The summed E-state index contributed by atoms with van der Waals surface area (Å²) >= 11 is 6.13. The molecule has 0 radical (unpaired) electrons. The Morgan fingerprint density at radius 2 is 2.00 bits per heavy atom. The van der Waals surface area contributed by atoms with Crippen LogP contribution in [0, 0.1) is 22.7 Å². The van der Waals surface area contributed by atoms with Crippen molar-refractivity contribution in [1.82, 2.24) is 9.80 Å². The summed E-state index contributed by atoms with van der Waals surface area (Å²) in [5.74, 6) is -0.225. The molecule has 2 amide bonds. The number of carbonyl (C=O) groups excluding carboxylic acids is 2. The summed E-state index contributed by atoms with van der Waals surface area (Å²) in [7, 11) is 0. The quantitative estimate of drug-likeness (QED) is 0.765. The molecular formula is C22H26ClN5O3. The maximum absolute atomic E-state index is 13.3. The average molecular weight is 444 g/mol. The predicted octanol–water partition coefficient (Wildman–Crippen LogP) is 3.52. The van der Waals surface area contributed by atoms with Crippen LogP contribution in [0.5, 0.6) is 0 Å². The molecule has 164 valence electrons. The van der Waals surface area contributed by atoms with Crippen molar-refractivity contribution in [2.75, 3.05) is 18.4 Å². The van der Waals surface area contributed by atoms with Gasteiger partial charge in [0.05, 0.1) is 16.7 Å². The standard InChI is InChI=1S/C22H26ClN5O3/c1-22(2,3)31-21(30)28-13-16(26-15-7-6-14(11-24)18(23)9-15)10-19(28)20(29)27-8-4-5-17(27)12-25/h6-7,9,16-17,19,26H,4-5,8,10,13H2,1-3H3/t16-,17-,19-/m0/s1. The number of likely N-dealkylation sites (tertiary alicyclic amines) is 2. The molecule has 0 bridgehead atoms. The molecule has 31 heavy (non-hydrogen) atoms. The molecule has 0 unspecified atom stereocenters. The van der Waals surface area contributed by atoms with Crippen molar-refractivity contribution in [2.45, 2.75) is 63.8 Å². The Kier molecular flexibility index (Phi) is 6.62. The first-order valence-electron chi connectivity index (χ1n) is 10.3. The number of nitriles is 2. The molecule has 0 aromatic heterocycles. The van der Waals surface area contributed by atoms with Gasteiger partial charge in [-0.05, 0) is 58.2 Å². The molecule has 0 aliphatic carbocycles. The smallest absolute Gasteiger partial charge is 0.411 e. The summed E-state index contributed by atoms with van der Waals surface area (Å²) in [6.45, 7) is 6.11. The highest BCUT2D eigenvalue weighted by atomic mass is 35.5. The lowest BCUT2D eigenvalue weighted by Crippen LogP contribution is -2.50. The number of hydrogen-bond acceptors (Lipinski definition) is 6. The van der Waals surface area contributed by atoms with Crippen LogP contribution in [0.15, 0.2) is 18.2 Å². The number of carbonyl (C=O) groups is 2. The maximum Gasteiger partial charge on any atom is 0.411 e. The first-order chi connectivity index (χ1) is 14.6. The lowest BCUT2D eigenvalue weighted by atomic mass is 10.1. The molecular weight excluding hydrogens is 418 g/mol. The second-order valence-electron chi connectivity index (χ2n) is 8.85. The summed E-state index contributed by atoms with van der Waals surface area (Å²) in [5, 5.41) is 22.1. The highest BCUT2D eigenvalue weighted by Gasteiger charge is 2.45. The van der Waals surface area contributed by atoms with Crippen molar-refractivity contribution in [1.29, 1.82) is 10.5 Å². The van der Waals surface area contributed by atoms with E-state index in [4.69, 9.17) is 21.6 Å². The maximum atomic E-state index is 13.3. The van der Waals surface area contributed by atoms with E-state index in [9.17, 15) is 14.9 Å². The van der Waals surface area contributed by atoms with Crippen LogP contribution in [0.2, 0.25) is 5.02 Å². The molecule has 2 heterocycles. The Morgan fingerprint density at radius 3 is 2.61 bits per heavy atom. The van der Waals surface area contributed by atoms with Crippen LogP contribution in [-0.4, -0.2) is 58.6 Å². The number of benzene rings is 1. The Hall–Kier alpha value is -2.97. The number of rotatable bonds is 3. The Balaban J connectivity index is 1.80. The van der Waals surface area contributed by atoms with Crippen molar-refractivity contribution in [2.24, 2.45) is 0 Å². The van der Waals surface area contributed by atoms with Gasteiger partial charge >= 0.3 is 6.09 Å². The lowest BCUT2D eigenvalue weighted by Gasteiger charge is -2.30. The third-order valence-corrected chi connectivity index (χ3v) is 5.67. The molecule has 0 saturated carbocycles. The minimum atomic E-state index is -0.713. The minimum absolute atomic E-state index is 0.214. The topological polar surface area (TPSA) is 109 Å². The Bertz CT molecular complexity index is 946. The van der Waals surface area contributed by atoms with Crippen LogP contribution >= 0.6 is 11.6 Å². The third kappa shape index (κ3) is 5.21. The van der Waals surface area contributed by atoms with Crippen molar-refractivity contribution < 1.29 is 14.3 Å². The van der Waals surface area contributed by atoms with E-state index in [0.29, 0.717) is 35.7 Å². The van der Waals surface area contributed by atoms with Gasteiger partial charge in [-0.3, -0.25) is 9.69 Å². The number of ether oxygens (including phenoxy) is 1. The van der Waals surface area contributed by atoms with Crippen LogP contribution < -0.4 is 5.32 Å². The third-order valence-electron chi connectivity index (χ3n) is 5.36. The zero-order valence-electron chi connectivity index (χ0n) is 17.9. The zero-order valence-corrected chi connectivity index (χ0v) is 18.6. The zero-order chi connectivity index (χ0) is 22.8. The summed E-state index contributed by atoms with van der Waals surface area (Å²) in [5.41, 5.74) is 0.376. The van der Waals surface area contributed by atoms with Gasteiger partial charge < -0.3 is 15.0 Å². The molecule has 9 heteroatoms. The van der Waals surface area contributed by atoms with Gasteiger partial charge in [-0.15, -0.1) is 0 Å². The molecule has 2 aliphatic rings. The van der Waals surface area contributed by atoms with E-state index < -0.39 is 23.8 Å². The summed E-state index contributed by atoms with van der Waals surface area (Å²) in [6, 6.07) is 7.82. The van der Waals surface area contributed by atoms with Gasteiger partial charge in [-0.1, -0.05) is 11.6 Å². The molecule has 0 spiro atoms. The van der Waals surface area contributed by atoms with Crippen LogP contribution in [0.1, 0.15) is 45.6 Å². The largest absolute Gasteiger partial charge is 0.444 e. The normalized spacial score (nSPS) is 23.2. The molecule has 2 fully saturated rings. The lowest BCUT2D eigenvalue weighted by molar-refractivity contribution is -0.135. The van der Waals surface area contributed by atoms with Gasteiger partial charge in [0.15, 0.2) is 0 Å². The van der Waals surface area contributed by atoms with Crippen LogP contribution in [-0.2, 0) is 9.53 Å². The first-order valence-corrected chi connectivity index (χ1v) is 10.7. The fourth-order valence-corrected chi connectivity index (χ4v) is 4.21. The molecule has 3 rings (SSSR count). The van der Waals surface area contributed by atoms with E-state index in [-0.39, 0.29) is 18.5 Å². The van der Waals surface area contributed by atoms with Crippen molar-refractivity contribution in [3.05, 3.63) is 28.8 Å². The van der Waals surface area contributed by atoms with E-state index in [1.807, 2.05) is 6.07 Å². The molecule has 3 atom stereocenters. The van der Waals surface area contributed by atoms with Crippen molar-refractivity contribution in [3.8, 4) is 12.1 Å². The second-order valence-corrected chi connectivity index (χ2v) is 9.26. The number of hydrogen-bond donors (Lipinski definition) is 1. The number of amides is 2. The predicted molar refractivity (Wildman–Crippen MR) is 115 cm³/mol. The van der Waals surface area contributed by atoms with E-state index in [0.717, 1.165) is 6.42 Å². The van der Waals surface area contributed by atoms with Crippen molar-refractivity contribution in [3.63, 3.8) is 0 Å². The summed E-state index contributed by atoms with van der Waals surface area (Å²) < 4.78 is 5.53. The number of anilines is 1. The number of halogens is 1. The number of nitrogens with zero attached hydrogens (tertiary/aromatic N) is 4. The van der Waals surface area contributed by atoms with E-state index in [1.165, 1.54) is 4.90 Å². The first kappa shape index (κ1) is 22.7. The Morgan fingerprint density at radius 1 is 1.26 bits per heavy atom. The molecule has 1 aromatic rings. The van der Waals surface area contributed by atoms with E-state index in [1.54, 1.807) is 43.9 Å². The highest BCUT2D eigenvalue weighted by Crippen LogP contribution is 2.29.